The number of nitrogens with zero attached hydrogens (tertiary/aromatic N) is 1. The summed E-state index contributed by atoms with van der Waals surface area (Å²) < 4.78 is 15.6. The van der Waals surface area contributed by atoms with Crippen molar-refractivity contribution in [3.8, 4) is 17.2 Å². The molecule has 2 aromatic carbocycles. The summed E-state index contributed by atoms with van der Waals surface area (Å²) >= 11 is 0. The summed E-state index contributed by atoms with van der Waals surface area (Å²) in [5.74, 6) is 0.783. The van der Waals surface area contributed by atoms with Crippen LogP contribution >= 0.6 is 0 Å². The Morgan fingerprint density at radius 1 is 1.00 bits per heavy atom. The Labute approximate surface area is 180 Å². The number of ether oxygens (including phenoxy) is 3. The number of carbonyl (C=O) groups is 3. The zero-order valence-corrected chi connectivity index (χ0v) is 17.9. The van der Waals surface area contributed by atoms with Crippen LogP contribution in [0.2, 0.25) is 0 Å². The van der Waals surface area contributed by atoms with Crippen molar-refractivity contribution in [2.24, 2.45) is 0 Å². The van der Waals surface area contributed by atoms with Crippen molar-refractivity contribution < 1.29 is 28.6 Å². The molecule has 9 nitrogen and oxygen atoms in total. The lowest BCUT2D eigenvalue weighted by Crippen LogP contribution is -2.46. The molecule has 1 aliphatic heterocycles. The van der Waals surface area contributed by atoms with Crippen molar-refractivity contribution >= 4 is 23.5 Å². The fourth-order valence-corrected chi connectivity index (χ4v) is 3.43. The molecular weight excluding hydrogens is 402 g/mol. The zero-order valence-electron chi connectivity index (χ0n) is 17.9. The van der Waals surface area contributed by atoms with Gasteiger partial charge in [0.25, 0.3) is 5.91 Å². The van der Waals surface area contributed by atoms with Gasteiger partial charge in [-0.05, 0) is 48.9 Å². The van der Waals surface area contributed by atoms with Gasteiger partial charge in [-0.1, -0.05) is 6.07 Å². The number of amides is 4. The third-order valence-corrected chi connectivity index (χ3v) is 5.03. The second kappa shape index (κ2) is 8.95. The van der Waals surface area contributed by atoms with Crippen molar-refractivity contribution in [1.29, 1.82) is 0 Å². The zero-order chi connectivity index (χ0) is 22.6. The normalized spacial score (nSPS) is 17.9. The molecule has 1 fully saturated rings. The fraction of sp³-hybridized carbons (Fsp3) is 0.318. The van der Waals surface area contributed by atoms with Gasteiger partial charge in [-0.3, -0.25) is 14.5 Å². The van der Waals surface area contributed by atoms with Crippen LogP contribution in [0.15, 0.2) is 42.5 Å². The van der Waals surface area contributed by atoms with Crippen LogP contribution in [-0.2, 0) is 16.0 Å². The summed E-state index contributed by atoms with van der Waals surface area (Å²) in [6, 6.07) is 11.4. The first-order valence-electron chi connectivity index (χ1n) is 9.58. The Hall–Kier alpha value is -3.75. The van der Waals surface area contributed by atoms with Crippen LogP contribution < -0.4 is 24.8 Å². The van der Waals surface area contributed by atoms with Crippen LogP contribution in [0.3, 0.4) is 0 Å². The standard InChI is InChI=1S/C22H25N3O6/c1-22(12-14-5-10-17(30-3)18(11-14)31-4)20(27)25(21(28)24-22)13-19(26)23-15-6-8-16(29-2)9-7-15/h5-11H,12-13H2,1-4H3,(H,23,26)(H,24,28)/t22-/m0/s1. The quantitative estimate of drug-likeness (QED) is 0.626. The average molecular weight is 427 g/mol. The number of rotatable bonds is 8. The van der Waals surface area contributed by atoms with Crippen LogP contribution in [0.4, 0.5) is 10.5 Å². The highest BCUT2D eigenvalue weighted by molar-refractivity contribution is 6.10. The predicted octanol–water partition coefficient (Wildman–Crippen LogP) is 2.20. The van der Waals surface area contributed by atoms with E-state index in [1.54, 1.807) is 56.5 Å². The number of imide groups is 1. The maximum absolute atomic E-state index is 13.0. The molecule has 1 atom stereocenters. The first kappa shape index (κ1) is 21.9. The van der Waals surface area contributed by atoms with Gasteiger partial charge >= 0.3 is 6.03 Å². The van der Waals surface area contributed by atoms with Gasteiger partial charge in [-0.15, -0.1) is 0 Å². The number of urea groups is 1. The van der Waals surface area contributed by atoms with Gasteiger partial charge in [0, 0.05) is 12.1 Å². The molecule has 0 bridgehead atoms. The van der Waals surface area contributed by atoms with E-state index in [1.807, 2.05) is 0 Å². The van der Waals surface area contributed by atoms with Crippen LogP contribution in [0.5, 0.6) is 17.2 Å². The Balaban J connectivity index is 1.68. The highest BCUT2D eigenvalue weighted by Gasteiger charge is 2.48. The van der Waals surface area contributed by atoms with E-state index in [-0.39, 0.29) is 6.42 Å². The first-order chi connectivity index (χ1) is 14.8. The molecule has 0 spiro atoms. The van der Waals surface area contributed by atoms with Crippen LogP contribution in [0.1, 0.15) is 12.5 Å². The van der Waals surface area contributed by atoms with Crippen molar-refractivity contribution in [3.63, 3.8) is 0 Å². The third kappa shape index (κ3) is 4.71. The monoisotopic (exact) mass is 427 g/mol. The molecule has 31 heavy (non-hydrogen) atoms. The molecule has 0 aliphatic carbocycles. The van der Waals surface area contributed by atoms with Gasteiger partial charge in [0.2, 0.25) is 5.91 Å². The van der Waals surface area contributed by atoms with Crippen LogP contribution in [-0.4, -0.2) is 56.2 Å². The van der Waals surface area contributed by atoms with Crippen LogP contribution in [0.25, 0.3) is 0 Å². The number of anilines is 1. The van der Waals surface area contributed by atoms with E-state index in [2.05, 4.69) is 10.6 Å². The van der Waals surface area contributed by atoms with Gasteiger partial charge in [0.15, 0.2) is 11.5 Å². The number of nitrogens with one attached hydrogen (secondary N) is 2. The Morgan fingerprint density at radius 2 is 1.68 bits per heavy atom. The average Bonchev–Trinajstić information content (AvgIpc) is 2.96. The highest BCUT2D eigenvalue weighted by atomic mass is 16.5. The number of hydrogen-bond donors (Lipinski definition) is 2. The summed E-state index contributed by atoms with van der Waals surface area (Å²) in [5.41, 5.74) is 0.126. The molecule has 164 valence electrons. The minimum Gasteiger partial charge on any atom is -0.497 e. The minimum absolute atomic E-state index is 0.231. The topological polar surface area (TPSA) is 106 Å². The number of benzene rings is 2. The van der Waals surface area contributed by atoms with E-state index in [9.17, 15) is 14.4 Å². The van der Waals surface area contributed by atoms with E-state index in [0.717, 1.165) is 10.5 Å². The summed E-state index contributed by atoms with van der Waals surface area (Å²) in [6.07, 6.45) is 0.231. The van der Waals surface area contributed by atoms with Crippen molar-refractivity contribution in [3.05, 3.63) is 48.0 Å². The molecule has 1 heterocycles. The lowest BCUT2D eigenvalue weighted by atomic mass is 9.92. The lowest BCUT2D eigenvalue weighted by Gasteiger charge is -2.22. The van der Waals surface area contributed by atoms with Crippen molar-refractivity contribution in [1.82, 2.24) is 10.2 Å². The molecule has 4 amide bonds. The number of carbonyl (C=O) groups excluding carboxylic acids is 3. The molecule has 3 rings (SSSR count). The van der Waals surface area contributed by atoms with E-state index in [0.29, 0.717) is 22.9 Å². The van der Waals surface area contributed by atoms with E-state index in [1.165, 1.54) is 14.2 Å². The largest absolute Gasteiger partial charge is 0.497 e. The second-order valence-electron chi connectivity index (χ2n) is 7.30. The summed E-state index contributed by atoms with van der Waals surface area (Å²) in [4.78, 5) is 38.7. The summed E-state index contributed by atoms with van der Waals surface area (Å²) in [6.45, 7) is 1.24. The van der Waals surface area contributed by atoms with E-state index in [4.69, 9.17) is 14.2 Å². The minimum atomic E-state index is -1.18. The summed E-state index contributed by atoms with van der Waals surface area (Å²) in [7, 11) is 4.60. The highest BCUT2D eigenvalue weighted by Crippen LogP contribution is 2.30. The van der Waals surface area contributed by atoms with Gasteiger partial charge in [0.05, 0.1) is 21.3 Å². The third-order valence-electron chi connectivity index (χ3n) is 5.03. The molecule has 0 radical (unpaired) electrons. The molecule has 0 unspecified atom stereocenters. The molecule has 2 aromatic rings. The predicted molar refractivity (Wildman–Crippen MR) is 114 cm³/mol. The lowest BCUT2D eigenvalue weighted by molar-refractivity contribution is -0.133. The van der Waals surface area contributed by atoms with Gasteiger partial charge < -0.3 is 24.8 Å². The maximum atomic E-state index is 13.0. The van der Waals surface area contributed by atoms with Crippen molar-refractivity contribution in [2.75, 3.05) is 33.2 Å². The smallest absolute Gasteiger partial charge is 0.325 e. The number of methoxy groups -OCH3 is 3. The summed E-state index contributed by atoms with van der Waals surface area (Å²) in [5, 5.41) is 5.37. The number of hydrogen-bond acceptors (Lipinski definition) is 6. The molecule has 1 aliphatic rings. The molecule has 9 heteroatoms. The molecule has 2 N–H and O–H groups in total. The van der Waals surface area contributed by atoms with E-state index < -0.39 is 29.9 Å². The fourth-order valence-electron chi connectivity index (χ4n) is 3.43. The Bertz CT molecular complexity index is 991. The molecule has 0 aromatic heterocycles. The Kier molecular flexibility index (Phi) is 6.33. The molecule has 0 saturated carbocycles. The van der Waals surface area contributed by atoms with Gasteiger partial charge in [-0.2, -0.15) is 0 Å². The van der Waals surface area contributed by atoms with Gasteiger partial charge in [0.1, 0.15) is 17.8 Å². The molecular formula is C22H25N3O6. The van der Waals surface area contributed by atoms with Gasteiger partial charge in [-0.25, -0.2) is 4.79 Å². The molecule has 1 saturated heterocycles. The van der Waals surface area contributed by atoms with E-state index >= 15 is 0 Å². The maximum Gasteiger partial charge on any atom is 0.325 e. The second-order valence-corrected chi connectivity index (χ2v) is 7.30. The first-order valence-corrected chi connectivity index (χ1v) is 9.58. The van der Waals surface area contributed by atoms with Crippen molar-refractivity contribution in [2.45, 2.75) is 18.9 Å². The Morgan fingerprint density at radius 3 is 2.29 bits per heavy atom. The van der Waals surface area contributed by atoms with Crippen LogP contribution in [0, 0.1) is 0 Å². The SMILES string of the molecule is COc1ccc(NC(=O)CN2C(=O)N[C@@](C)(Cc3ccc(OC)c(OC)c3)C2=O)cc1.